The molecule has 0 spiro atoms. The van der Waals surface area contributed by atoms with Gasteiger partial charge in [0.05, 0.1) is 0 Å². The molecule has 2 rings (SSSR count). The van der Waals surface area contributed by atoms with Crippen LogP contribution in [0.1, 0.15) is 46.1 Å². The summed E-state index contributed by atoms with van der Waals surface area (Å²) in [4.78, 5) is 11.7. The lowest BCUT2D eigenvalue weighted by atomic mass is 10.0. The Balaban J connectivity index is 2.15. The minimum absolute atomic E-state index is 0.0297. The van der Waals surface area contributed by atoms with Crippen molar-refractivity contribution in [1.29, 1.82) is 0 Å². The van der Waals surface area contributed by atoms with E-state index in [-0.39, 0.29) is 23.2 Å². The van der Waals surface area contributed by atoms with Crippen LogP contribution in [0.4, 0.5) is 14.9 Å². The molecule has 1 amide bonds. The number of hydrogen-bond donors (Lipinski definition) is 2. The number of rotatable bonds is 2. The molecule has 2 atom stereocenters. The molecule has 0 aromatic heterocycles. The predicted octanol–water partition coefficient (Wildman–Crippen LogP) is 3.62. The van der Waals surface area contributed by atoms with Gasteiger partial charge in [0.25, 0.3) is 0 Å². The van der Waals surface area contributed by atoms with Crippen LogP contribution in [0.2, 0.25) is 0 Å². The highest BCUT2D eigenvalue weighted by molar-refractivity contribution is 5.85. The van der Waals surface area contributed by atoms with E-state index in [0.717, 1.165) is 0 Å². The number of carbonyl (C=O) groups is 1. The van der Waals surface area contributed by atoms with E-state index in [1.54, 1.807) is 26.8 Å². The Morgan fingerprint density at radius 1 is 1.38 bits per heavy atom. The normalized spacial score (nSPS) is 23.6. The van der Waals surface area contributed by atoms with Crippen LogP contribution in [0.25, 0.3) is 0 Å². The summed E-state index contributed by atoms with van der Waals surface area (Å²) in [5.74, 6) is -0.325. The van der Waals surface area contributed by atoms with E-state index in [4.69, 9.17) is 10.5 Å². The van der Waals surface area contributed by atoms with Gasteiger partial charge in [0, 0.05) is 17.6 Å². The summed E-state index contributed by atoms with van der Waals surface area (Å²) in [7, 11) is 0. The van der Waals surface area contributed by atoms with Crippen molar-refractivity contribution >= 4 is 11.8 Å². The first kappa shape index (κ1) is 15.8. The Hall–Kier alpha value is -1.62. The van der Waals surface area contributed by atoms with Crippen LogP contribution < -0.4 is 11.1 Å². The summed E-state index contributed by atoms with van der Waals surface area (Å²) in [6.07, 6.45) is -0.556. The third kappa shape index (κ3) is 3.35. The zero-order valence-corrected chi connectivity index (χ0v) is 13.2. The lowest BCUT2D eigenvalue weighted by Gasteiger charge is -2.20. The fraction of sp³-hybridized carbons (Fsp3) is 0.562. The highest BCUT2D eigenvalue weighted by Crippen LogP contribution is 2.58. The maximum Gasteiger partial charge on any atom is 0.412 e. The average Bonchev–Trinajstić information content (AvgIpc) is 2.78. The first-order valence-corrected chi connectivity index (χ1v) is 7.07. The van der Waals surface area contributed by atoms with Gasteiger partial charge in [-0.2, -0.15) is 0 Å². The smallest absolute Gasteiger partial charge is 0.412 e. The van der Waals surface area contributed by atoms with E-state index in [1.165, 1.54) is 12.1 Å². The minimum atomic E-state index is -0.576. The van der Waals surface area contributed by atoms with E-state index in [9.17, 15) is 9.18 Å². The second-order valence-electron chi connectivity index (χ2n) is 7.19. The lowest BCUT2D eigenvalue weighted by Crippen LogP contribution is -2.27. The van der Waals surface area contributed by atoms with Gasteiger partial charge in [0.1, 0.15) is 11.4 Å². The molecule has 3 N–H and O–H groups in total. The van der Waals surface area contributed by atoms with Gasteiger partial charge in [-0.1, -0.05) is 13.8 Å². The molecule has 0 aliphatic heterocycles. The maximum absolute atomic E-state index is 14.0. The second-order valence-corrected chi connectivity index (χ2v) is 7.19. The van der Waals surface area contributed by atoms with Gasteiger partial charge in [0.15, 0.2) is 0 Å². The van der Waals surface area contributed by atoms with Gasteiger partial charge in [-0.05, 0) is 49.9 Å². The molecule has 4 nitrogen and oxygen atoms in total. The summed E-state index contributed by atoms with van der Waals surface area (Å²) in [5, 5.41) is 2.62. The number of ether oxygens (including phenoxy) is 1. The Morgan fingerprint density at radius 3 is 2.43 bits per heavy atom. The molecule has 1 aliphatic carbocycles. The molecule has 0 bridgehead atoms. The van der Waals surface area contributed by atoms with Crippen LogP contribution in [-0.4, -0.2) is 17.7 Å². The van der Waals surface area contributed by atoms with E-state index < -0.39 is 11.7 Å². The Morgan fingerprint density at radius 2 is 1.95 bits per heavy atom. The number of nitrogens with two attached hydrogens (primary N) is 1. The standard InChI is InChI=1S/C16H23FN2O2/c1-15(2,3)21-14(20)19-9-6-7-11(17)10(8-9)12-13(18)16(12,4)5/h6-8,12-13H,18H2,1-5H3,(H,19,20). The number of anilines is 1. The third-order valence-corrected chi connectivity index (χ3v) is 3.89. The quantitative estimate of drug-likeness (QED) is 0.875. The molecule has 116 valence electrons. The minimum Gasteiger partial charge on any atom is -0.444 e. The summed E-state index contributed by atoms with van der Waals surface area (Å²) >= 11 is 0. The number of carbonyl (C=O) groups excluding carboxylic acids is 1. The van der Waals surface area contributed by atoms with Gasteiger partial charge in [-0.25, -0.2) is 9.18 Å². The topological polar surface area (TPSA) is 64.3 Å². The van der Waals surface area contributed by atoms with Crippen molar-refractivity contribution in [3.05, 3.63) is 29.6 Å². The average molecular weight is 294 g/mol. The molecule has 21 heavy (non-hydrogen) atoms. The van der Waals surface area contributed by atoms with Crippen molar-refractivity contribution in [1.82, 2.24) is 0 Å². The molecular formula is C16H23FN2O2. The Kier molecular flexibility index (Phi) is 3.74. The number of amides is 1. The van der Waals surface area contributed by atoms with Crippen LogP contribution in [0, 0.1) is 11.2 Å². The van der Waals surface area contributed by atoms with Crippen molar-refractivity contribution in [2.75, 3.05) is 5.32 Å². The number of hydrogen-bond acceptors (Lipinski definition) is 3. The molecular weight excluding hydrogens is 271 g/mol. The SMILES string of the molecule is CC(C)(C)OC(=O)Nc1ccc(F)c(C2C(N)C2(C)C)c1. The van der Waals surface area contributed by atoms with E-state index >= 15 is 0 Å². The van der Waals surface area contributed by atoms with Crippen LogP contribution in [0.3, 0.4) is 0 Å². The summed E-state index contributed by atoms with van der Waals surface area (Å²) in [6, 6.07) is 4.44. The summed E-state index contributed by atoms with van der Waals surface area (Å²) in [5.41, 5.74) is 6.36. The van der Waals surface area contributed by atoms with Crippen LogP contribution >= 0.6 is 0 Å². The molecule has 1 fully saturated rings. The van der Waals surface area contributed by atoms with Gasteiger partial charge >= 0.3 is 6.09 Å². The van der Waals surface area contributed by atoms with Crippen LogP contribution in [0.15, 0.2) is 18.2 Å². The molecule has 2 unspecified atom stereocenters. The van der Waals surface area contributed by atoms with Gasteiger partial charge in [0.2, 0.25) is 0 Å². The molecule has 1 aromatic rings. The summed E-state index contributed by atoms with van der Waals surface area (Å²) in [6.45, 7) is 9.38. The van der Waals surface area contributed by atoms with E-state index in [1.807, 2.05) is 13.8 Å². The lowest BCUT2D eigenvalue weighted by molar-refractivity contribution is 0.0636. The van der Waals surface area contributed by atoms with Crippen LogP contribution in [-0.2, 0) is 4.74 Å². The van der Waals surface area contributed by atoms with Crippen LogP contribution in [0.5, 0.6) is 0 Å². The van der Waals surface area contributed by atoms with Gasteiger partial charge < -0.3 is 10.5 Å². The van der Waals surface area contributed by atoms with Crippen molar-refractivity contribution in [2.45, 2.75) is 52.2 Å². The molecule has 1 aliphatic rings. The van der Waals surface area contributed by atoms with Crippen molar-refractivity contribution in [3.8, 4) is 0 Å². The maximum atomic E-state index is 14.0. The highest BCUT2D eigenvalue weighted by Gasteiger charge is 2.57. The van der Waals surface area contributed by atoms with Gasteiger partial charge in [-0.3, -0.25) is 5.32 Å². The fourth-order valence-electron chi connectivity index (χ4n) is 2.55. The van der Waals surface area contributed by atoms with E-state index in [0.29, 0.717) is 11.3 Å². The fourth-order valence-corrected chi connectivity index (χ4v) is 2.55. The first-order chi connectivity index (χ1) is 9.52. The molecule has 0 heterocycles. The third-order valence-electron chi connectivity index (χ3n) is 3.89. The number of halogens is 1. The number of benzene rings is 1. The van der Waals surface area contributed by atoms with Gasteiger partial charge in [-0.15, -0.1) is 0 Å². The first-order valence-electron chi connectivity index (χ1n) is 7.07. The molecule has 1 saturated carbocycles. The predicted molar refractivity (Wildman–Crippen MR) is 80.8 cm³/mol. The molecule has 1 aromatic carbocycles. The zero-order valence-electron chi connectivity index (χ0n) is 13.2. The highest BCUT2D eigenvalue weighted by atomic mass is 19.1. The van der Waals surface area contributed by atoms with Crippen molar-refractivity contribution in [2.24, 2.45) is 11.1 Å². The summed E-state index contributed by atoms with van der Waals surface area (Å²) < 4.78 is 19.2. The largest absolute Gasteiger partial charge is 0.444 e. The molecule has 5 heteroatoms. The second kappa shape index (κ2) is 4.98. The Labute approximate surface area is 124 Å². The number of nitrogens with one attached hydrogen (secondary N) is 1. The zero-order chi connectivity index (χ0) is 16.0. The van der Waals surface area contributed by atoms with Crippen molar-refractivity contribution in [3.63, 3.8) is 0 Å². The Bertz CT molecular complexity index is 564. The molecule has 0 radical (unpaired) electrons. The van der Waals surface area contributed by atoms with E-state index in [2.05, 4.69) is 5.32 Å². The monoisotopic (exact) mass is 294 g/mol. The molecule has 0 saturated heterocycles. The van der Waals surface area contributed by atoms with Crippen molar-refractivity contribution < 1.29 is 13.9 Å².